The van der Waals surface area contributed by atoms with E-state index in [1.807, 2.05) is 0 Å². The molecule has 0 spiro atoms. The molecule has 1 aliphatic heterocycles. The molecule has 0 unspecified atom stereocenters. The highest BCUT2D eigenvalue weighted by Gasteiger charge is 2.40. The van der Waals surface area contributed by atoms with Crippen LogP contribution in [-0.2, 0) is 11.3 Å². The van der Waals surface area contributed by atoms with Crippen LogP contribution in [0.3, 0.4) is 0 Å². The number of ketones is 1. The van der Waals surface area contributed by atoms with Crippen LogP contribution >= 0.6 is 22.9 Å². The first-order valence-corrected chi connectivity index (χ1v) is 6.58. The van der Waals surface area contributed by atoms with Gasteiger partial charge in [0, 0.05) is 11.6 Å². The molecule has 1 aromatic heterocycles. The molecule has 0 saturated heterocycles. The SMILES string of the molecule is O=C1C(=O)N(Cc2nccs2)c2c(F)ccc(Cl)c21. The first-order valence-electron chi connectivity index (χ1n) is 5.32. The minimum Gasteiger partial charge on any atom is -0.295 e. The predicted octanol–water partition coefficient (Wildman–Crippen LogP) is 2.67. The van der Waals surface area contributed by atoms with Gasteiger partial charge < -0.3 is 0 Å². The van der Waals surface area contributed by atoms with Crippen LogP contribution in [0, 0.1) is 5.82 Å². The van der Waals surface area contributed by atoms with E-state index in [0.29, 0.717) is 5.01 Å². The van der Waals surface area contributed by atoms with E-state index in [0.717, 1.165) is 11.0 Å². The van der Waals surface area contributed by atoms with Gasteiger partial charge in [-0.05, 0) is 12.1 Å². The fraction of sp³-hybridized carbons (Fsp3) is 0.0833. The summed E-state index contributed by atoms with van der Waals surface area (Å²) in [6, 6.07) is 2.41. The van der Waals surface area contributed by atoms with Crippen LogP contribution in [0.25, 0.3) is 0 Å². The number of amides is 1. The monoisotopic (exact) mass is 296 g/mol. The summed E-state index contributed by atoms with van der Waals surface area (Å²) in [5.41, 5.74) is -0.124. The third-order valence-corrected chi connectivity index (χ3v) is 3.87. The Morgan fingerprint density at radius 1 is 1.37 bits per heavy atom. The Labute approximate surface area is 116 Å². The van der Waals surface area contributed by atoms with Gasteiger partial charge in [0.1, 0.15) is 10.8 Å². The van der Waals surface area contributed by atoms with Gasteiger partial charge in [0.25, 0.3) is 11.7 Å². The maximum Gasteiger partial charge on any atom is 0.300 e. The molecular weight excluding hydrogens is 291 g/mol. The molecule has 7 heteroatoms. The van der Waals surface area contributed by atoms with Gasteiger partial charge in [-0.25, -0.2) is 9.37 Å². The summed E-state index contributed by atoms with van der Waals surface area (Å²) >= 11 is 7.20. The van der Waals surface area contributed by atoms with E-state index in [4.69, 9.17) is 11.6 Å². The van der Waals surface area contributed by atoms with E-state index in [9.17, 15) is 14.0 Å². The zero-order valence-corrected chi connectivity index (χ0v) is 11.0. The van der Waals surface area contributed by atoms with Crippen molar-refractivity contribution in [3.8, 4) is 0 Å². The van der Waals surface area contributed by atoms with E-state index in [1.54, 1.807) is 11.6 Å². The van der Waals surface area contributed by atoms with Crippen LogP contribution in [0.2, 0.25) is 5.02 Å². The van der Waals surface area contributed by atoms with Crippen molar-refractivity contribution in [3.05, 3.63) is 45.1 Å². The van der Waals surface area contributed by atoms with Crippen molar-refractivity contribution in [1.82, 2.24) is 4.98 Å². The van der Waals surface area contributed by atoms with Crippen LogP contribution in [-0.4, -0.2) is 16.7 Å². The molecule has 2 heterocycles. The Bertz CT molecular complexity index is 687. The predicted molar refractivity (Wildman–Crippen MR) is 69.0 cm³/mol. The standard InChI is InChI=1S/C12H6ClFN2O2S/c13-6-1-2-7(14)10-9(6)11(17)12(18)16(10)5-8-15-3-4-19-8/h1-4H,5H2. The smallest absolute Gasteiger partial charge is 0.295 e. The summed E-state index contributed by atoms with van der Waals surface area (Å²) in [5.74, 6) is -2.21. The van der Waals surface area contributed by atoms with Crippen LogP contribution in [0.4, 0.5) is 10.1 Å². The number of aromatic nitrogens is 1. The van der Waals surface area contributed by atoms with E-state index in [-0.39, 0.29) is 22.8 Å². The first kappa shape index (κ1) is 12.3. The third kappa shape index (κ3) is 1.84. The van der Waals surface area contributed by atoms with Gasteiger partial charge >= 0.3 is 0 Å². The van der Waals surface area contributed by atoms with Gasteiger partial charge in [-0.2, -0.15) is 0 Å². The molecule has 96 valence electrons. The molecule has 4 nitrogen and oxygen atoms in total. The number of carbonyl (C=O) groups excluding carboxylic acids is 2. The second kappa shape index (κ2) is 4.40. The molecule has 0 fully saturated rings. The van der Waals surface area contributed by atoms with Crippen molar-refractivity contribution in [2.24, 2.45) is 0 Å². The van der Waals surface area contributed by atoms with Gasteiger partial charge in [-0.1, -0.05) is 11.6 Å². The molecule has 2 aromatic rings. The molecule has 0 bridgehead atoms. The second-order valence-corrected chi connectivity index (χ2v) is 5.29. The molecule has 1 aliphatic rings. The van der Waals surface area contributed by atoms with Gasteiger partial charge in [0.05, 0.1) is 22.8 Å². The lowest BCUT2D eigenvalue weighted by molar-refractivity contribution is -0.114. The van der Waals surface area contributed by atoms with Gasteiger partial charge in [-0.3, -0.25) is 14.5 Å². The average Bonchev–Trinajstić information content (AvgIpc) is 2.97. The summed E-state index contributed by atoms with van der Waals surface area (Å²) in [4.78, 5) is 28.9. The van der Waals surface area contributed by atoms with Gasteiger partial charge in [0.15, 0.2) is 0 Å². The minimum absolute atomic E-state index is 0.0577. The van der Waals surface area contributed by atoms with Crippen LogP contribution in [0.1, 0.15) is 15.4 Å². The summed E-state index contributed by atoms with van der Waals surface area (Å²) < 4.78 is 13.9. The highest BCUT2D eigenvalue weighted by molar-refractivity contribution is 7.09. The normalized spacial score (nSPS) is 14.1. The Morgan fingerprint density at radius 2 is 2.16 bits per heavy atom. The quantitative estimate of drug-likeness (QED) is 0.801. The number of hydrogen-bond acceptors (Lipinski definition) is 4. The minimum atomic E-state index is -0.781. The number of anilines is 1. The summed E-state index contributed by atoms with van der Waals surface area (Å²) in [6.07, 6.45) is 1.58. The zero-order chi connectivity index (χ0) is 13.6. The molecule has 19 heavy (non-hydrogen) atoms. The summed E-state index contributed by atoms with van der Waals surface area (Å²) in [5, 5.41) is 2.44. The number of benzene rings is 1. The number of Topliss-reactive ketones (excluding diaryl/α,β-unsaturated/α-hetero) is 1. The van der Waals surface area contributed by atoms with E-state index < -0.39 is 17.5 Å². The van der Waals surface area contributed by atoms with Gasteiger partial charge in [0.2, 0.25) is 0 Å². The Balaban J connectivity index is 2.12. The molecule has 0 radical (unpaired) electrons. The number of thiazole rings is 1. The third-order valence-electron chi connectivity index (χ3n) is 2.79. The molecule has 1 amide bonds. The number of nitrogens with zero attached hydrogens (tertiary/aromatic N) is 2. The van der Waals surface area contributed by atoms with Gasteiger partial charge in [-0.15, -0.1) is 11.3 Å². The highest BCUT2D eigenvalue weighted by Crippen LogP contribution is 2.37. The number of carbonyl (C=O) groups is 2. The number of fused-ring (bicyclic) bond motifs is 1. The fourth-order valence-electron chi connectivity index (χ4n) is 1.97. The topological polar surface area (TPSA) is 50.3 Å². The molecule has 0 N–H and O–H groups in total. The Kier molecular flexibility index (Phi) is 2.83. The fourth-order valence-corrected chi connectivity index (χ4v) is 2.81. The zero-order valence-electron chi connectivity index (χ0n) is 9.39. The maximum atomic E-state index is 13.9. The van der Waals surface area contributed by atoms with Crippen molar-refractivity contribution in [3.63, 3.8) is 0 Å². The van der Waals surface area contributed by atoms with Crippen molar-refractivity contribution >= 4 is 40.3 Å². The highest BCUT2D eigenvalue weighted by atomic mass is 35.5. The van der Waals surface area contributed by atoms with E-state index in [2.05, 4.69) is 4.98 Å². The Hall–Kier alpha value is -1.79. The Morgan fingerprint density at radius 3 is 2.84 bits per heavy atom. The average molecular weight is 297 g/mol. The summed E-state index contributed by atoms with van der Waals surface area (Å²) in [7, 11) is 0. The number of rotatable bonds is 2. The molecule has 0 saturated carbocycles. The van der Waals surface area contributed by atoms with Crippen LogP contribution in [0.5, 0.6) is 0 Å². The molecule has 3 rings (SSSR count). The first-order chi connectivity index (χ1) is 9.09. The lowest BCUT2D eigenvalue weighted by atomic mass is 10.1. The summed E-state index contributed by atoms with van der Waals surface area (Å²) in [6.45, 7) is 0.0620. The molecule has 0 atom stereocenters. The molecular formula is C12H6ClFN2O2S. The van der Waals surface area contributed by atoms with Crippen LogP contribution in [0.15, 0.2) is 23.7 Å². The van der Waals surface area contributed by atoms with Crippen LogP contribution < -0.4 is 4.90 Å². The molecule has 1 aromatic carbocycles. The molecule has 0 aliphatic carbocycles. The largest absolute Gasteiger partial charge is 0.300 e. The lowest BCUT2D eigenvalue weighted by Gasteiger charge is -2.15. The van der Waals surface area contributed by atoms with Crippen molar-refractivity contribution in [1.29, 1.82) is 0 Å². The second-order valence-electron chi connectivity index (χ2n) is 3.90. The van der Waals surface area contributed by atoms with E-state index >= 15 is 0 Å². The van der Waals surface area contributed by atoms with Crippen molar-refractivity contribution in [2.45, 2.75) is 6.54 Å². The van der Waals surface area contributed by atoms with Crippen molar-refractivity contribution < 1.29 is 14.0 Å². The van der Waals surface area contributed by atoms with E-state index in [1.165, 1.54) is 17.4 Å². The van der Waals surface area contributed by atoms with Crippen molar-refractivity contribution in [2.75, 3.05) is 4.90 Å². The number of hydrogen-bond donors (Lipinski definition) is 0. The lowest BCUT2D eigenvalue weighted by Crippen LogP contribution is -2.29. The maximum absolute atomic E-state index is 13.9. The number of halogens is 2.